The molecule has 0 aliphatic rings. The minimum absolute atomic E-state index is 0.102. The lowest BCUT2D eigenvalue weighted by Crippen LogP contribution is -2.30. The van der Waals surface area contributed by atoms with Crippen LogP contribution in [-0.4, -0.2) is 96.7 Å². The molecule has 0 fully saturated rings. The van der Waals surface area contributed by atoms with Gasteiger partial charge >= 0.3 is 39.5 Å². The van der Waals surface area contributed by atoms with Gasteiger partial charge in [-0.05, 0) is 49.4 Å². The van der Waals surface area contributed by atoms with Crippen molar-refractivity contribution in [3.63, 3.8) is 0 Å². The van der Waals surface area contributed by atoms with Gasteiger partial charge in [0.05, 0.1) is 26.4 Å². The number of aliphatic hydroxyl groups is 1. The van der Waals surface area contributed by atoms with Gasteiger partial charge in [-0.25, -0.2) is 9.13 Å². The SMILES string of the molecule is CCC(C)CCCCCCCCCCCCCCCCCCCCC(=O)OC[C@H](COP(=O)(O)OCC(O)COP(=O)(O)OC[C@@H](COC(=O)CCCCCCCCCCC(C)C)OC(=O)CCCCCCCCC(C)CC)OC(=O)CCCCCCCCCC(C)C. The summed E-state index contributed by atoms with van der Waals surface area (Å²) in [7, 11) is -9.90. The number of carbonyl (C=O) groups is 4. The zero-order valence-corrected chi connectivity index (χ0v) is 62.7. The highest BCUT2D eigenvalue weighted by Crippen LogP contribution is 2.45. The summed E-state index contributed by atoms with van der Waals surface area (Å²) >= 11 is 0. The first-order chi connectivity index (χ1) is 44.7. The number of phosphoric acid groups is 2. The third-order valence-corrected chi connectivity index (χ3v) is 19.7. The second-order valence-corrected chi connectivity index (χ2v) is 31.0. The zero-order chi connectivity index (χ0) is 68.9. The van der Waals surface area contributed by atoms with Crippen molar-refractivity contribution >= 4 is 39.5 Å². The molecule has 0 radical (unpaired) electrons. The van der Waals surface area contributed by atoms with E-state index in [9.17, 15) is 43.2 Å². The van der Waals surface area contributed by atoms with Crippen LogP contribution in [0.3, 0.4) is 0 Å². The van der Waals surface area contributed by atoms with E-state index in [1.807, 2.05) is 0 Å². The molecule has 0 rings (SSSR count). The summed E-state index contributed by atoms with van der Waals surface area (Å²) in [4.78, 5) is 72.6. The fraction of sp³-hybridized carbons (Fsp3) is 0.946. The van der Waals surface area contributed by atoms with Crippen molar-refractivity contribution < 1.29 is 80.2 Å². The molecule has 0 aromatic rings. The molecule has 0 aliphatic heterocycles. The molecule has 0 aromatic heterocycles. The first kappa shape index (κ1) is 91.1. The molecule has 0 bridgehead atoms. The number of carbonyl (C=O) groups excluding carboxylic acids is 4. The lowest BCUT2D eigenvalue weighted by molar-refractivity contribution is -0.161. The highest BCUT2D eigenvalue weighted by molar-refractivity contribution is 7.47. The number of aliphatic hydroxyl groups excluding tert-OH is 1. The van der Waals surface area contributed by atoms with E-state index in [-0.39, 0.29) is 25.7 Å². The molecule has 0 amide bonds. The van der Waals surface area contributed by atoms with E-state index >= 15 is 0 Å². The first-order valence-corrected chi connectivity index (χ1v) is 41.3. The Morgan fingerprint density at radius 1 is 0.301 bits per heavy atom. The largest absolute Gasteiger partial charge is 0.472 e. The van der Waals surface area contributed by atoms with Crippen LogP contribution in [0.5, 0.6) is 0 Å². The number of rotatable bonds is 71. The van der Waals surface area contributed by atoms with Crippen LogP contribution in [0.4, 0.5) is 0 Å². The summed E-state index contributed by atoms with van der Waals surface area (Å²) in [5.41, 5.74) is 0. The molecule has 0 saturated heterocycles. The number of hydrogen-bond donors (Lipinski definition) is 3. The molecule has 552 valence electrons. The second kappa shape index (κ2) is 63.5. The van der Waals surface area contributed by atoms with Crippen molar-refractivity contribution in [3.05, 3.63) is 0 Å². The molecule has 0 aliphatic carbocycles. The fourth-order valence-corrected chi connectivity index (χ4v) is 12.7. The van der Waals surface area contributed by atoms with Gasteiger partial charge < -0.3 is 33.8 Å². The summed E-state index contributed by atoms with van der Waals surface area (Å²) in [6.45, 7) is 14.1. The summed E-state index contributed by atoms with van der Waals surface area (Å²) in [6.07, 6.45) is 47.6. The van der Waals surface area contributed by atoms with Crippen LogP contribution < -0.4 is 0 Å². The first-order valence-electron chi connectivity index (χ1n) is 38.3. The average molecular weight is 1370 g/mol. The van der Waals surface area contributed by atoms with Crippen molar-refractivity contribution in [2.75, 3.05) is 39.6 Å². The zero-order valence-electron chi connectivity index (χ0n) is 60.9. The highest BCUT2D eigenvalue weighted by Gasteiger charge is 2.30. The normalized spacial score (nSPS) is 14.8. The van der Waals surface area contributed by atoms with Crippen molar-refractivity contribution in [2.24, 2.45) is 23.7 Å². The standard InChI is InChI=1S/C74H144O17P2/c1-9-66(7)52-44-36-28-21-19-17-15-13-11-12-14-16-18-20-22-29-38-46-54-71(76)84-60-69(90-73(78)56-48-40-31-25-27-35-43-51-65(5)6)62-88-92(80,81)86-58-68(75)59-87-93(82,83)89-63-70(91-74(79)57-49-41-33-32-37-45-53-67(8)10-2)61-85-72(77)55-47-39-30-24-23-26-34-42-50-64(3)4/h64-70,75H,9-63H2,1-8H3,(H,80,81)(H,82,83)/t66?,67?,68?,69-,70-/m1/s1. The summed E-state index contributed by atoms with van der Waals surface area (Å²) in [5.74, 6) is 0.885. The molecular formula is C74H144O17P2. The number of ether oxygens (including phenoxy) is 4. The Morgan fingerprint density at radius 3 is 0.763 bits per heavy atom. The van der Waals surface area contributed by atoms with E-state index in [1.54, 1.807) is 0 Å². The van der Waals surface area contributed by atoms with Crippen molar-refractivity contribution in [1.29, 1.82) is 0 Å². The van der Waals surface area contributed by atoms with Gasteiger partial charge in [-0.3, -0.25) is 37.3 Å². The fourth-order valence-electron chi connectivity index (χ4n) is 11.1. The van der Waals surface area contributed by atoms with Gasteiger partial charge in [-0.2, -0.15) is 0 Å². The topological polar surface area (TPSA) is 237 Å². The van der Waals surface area contributed by atoms with E-state index in [2.05, 4.69) is 55.4 Å². The minimum atomic E-state index is -4.95. The number of hydrogen-bond acceptors (Lipinski definition) is 15. The predicted molar refractivity (Wildman–Crippen MR) is 377 cm³/mol. The Balaban J connectivity index is 5.12. The number of esters is 4. The molecule has 93 heavy (non-hydrogen) atoms. The van der Waals surface area contributed by atoms with E-state index in [4.69, 9.17) is 37.0 Å². The minimum Gasteiger partial charge on any atom is -0.462 e. The Labute approximate surface area is 568 Å². The molecule has 7 atom stereocenters. The van der Waals surface area contributed by atoms with Crippen molar-refractivity contribution in [2.45, 2.75) is 388 Å². The summed E-state index contributed by atoms with van der Waals surface area (Å²) in [5, 5.41) is 10.6. The lowest BCUT2D eigenvalue weighted by atomic mass is 9.99. The maximum atomic E-state index is 13.0. The van der Waals surface area contributed by atoms with Gasteiger partial charge in [0.2, 0.25) is 0 Å². The highest BCUT2D eigenvalue weighted by atomic mass is 31.2. The van der Waals surface area contributed by atoms with Gasteiger partial charge in [0.1, 0.15) is 19.3 Å². The second-order valence-electron chi connectivity index (χ2n) is 28.1. The third-order valence-electron chi connectivity index (χ3n) is 17.8. The summed E-state index contributed by atoms with van der Waals surface area (Å²) < 4.78 is 68.3. The van der Waals surface area contributed by atoms with Gasteiger partial charge in [-0.1, -0.05) is 319 Å². The molecule has 5 unspecified atom stereocenters. The number of unbranched alkanes of at least 4 members (excludes halogenated alkanes) is 35. The van der Waals surface area contributed by atoms with Crippen LogP contribution >= 0.6 is 15.6 Å². The van der Waals surface area contributed by atoms with Crippen molar-refractivity contribution in [3.8, 4) is 0 Å². The van der Waals surface area contributed by atoms with Crippen LogP contribution in [-0.2, 0) is 65.4 Å². The monoisotopic (exact) mass is 1370 g/mol. The van der Waals surface area contributed by atoms with Gasteiger partial charge in [0, 0.05) is 25.7 Å². The maximum Gasteiger partial charge on any atom is 0.472 e. The Hall–Kier alpha value is -1.94. The van der Waals surface area contributed by atoms with E-state index in [1.165, 1.54) is 173 Å². The van der Waals surface area contributed by atoms with Crippen LogP contribution in [0.1, 0.15) is 370 Å². The molecular weight excluding hydrogens is 1220 g/mol. The smallest absolute Gasteiger partial charge is 0.462 e. The van der Waals surface area contributed by atoms with Crippen LogP contribution in [0.25, 0.3) is 0 Å². The van der Waals surface area contributed by atoms with Gasteiger partial charge in [0.25, 0.3) is 0 Å². The molecule has 17 nitrogen and oxygen atoms in total. The van der Waals surface area contributed by atoms with E-state index < -0.39 is 97.5 Å². The van der Waals surface area contributed by atoms with Crippen LogP contribution in [0, 0.1) is 23.7 Å². The molecule has 0 saturated carbocycles. The number of phosphoric ester groups is 2. The Morgan fingerprint density at radius 2 is 0.516 bits per heavy atom. The van der Waals surface area contributed by atoms with Crippen molar-refractivity contribution in [1.82, 2.24) is 0 Å². The predicted octanol–water partition coefficient (Wildman–Crippen LogP) is 21.3. The van der Waals surface area contributed by atoms with Gasteiger partial charge in [-0.15, -0.1) is 0 Å². The van der Waals surface area contributed by atoms with Crippen LogP contribution in [0.2, 0.25) is 0 Å². The summed E-state index contributed by atoms with van der Waals surface area (Å²) in [6, 6.07) is 0. The molecule has 3 N–H and O–H groups in total. The van der Waals surface area contributed by atoms with E-state index in [0.29, 0.717) is 31.6 Å². The van der Waals surface area contributed by atoms with E-state index in [0.717, 1.165) is 108 Å². The quantitative estimate of drug-likeness (QED) is 0.0222. The third kappa shape index (κ3) is 65.8. The molecule has 19 heteroatoms. The Kier molecular flexibility index (Phi) is 62.2. The Bertz CT molecular complexity index is 1840. The molecule has 0 spiro atoms. The molecule has 0 heterocycles. The average Bonchev–Trinajstić information content (AvgIpc) is 2.34. The maximum absolute atomic E-state index is 13.0. The lowest BCUT2D eigenvalue weighted by Gasteiger charge is -2.21. The van der Waals surface area contributed by atoms with Crippen LogP contribution in [0.15, 0.2) is 0 Å². The molecule has 0 aromatic carbocycles. The van der Waals surface area contributed by atoms with Gasteiger partial charge in [0.15, 0.2) is 12.2 Å².